The first kappa shape index (κ1) is 20.4. The minimum Gasteiger partial charge on any atom is -0.368 e. The number of hydrogen-bond acceptors (Lipinski definition) is 6. The fourth-order valence-electron chi connectivity index (χ4n) is 4.54. The molecule has 33 heavy (non-hydrogen) atoms. The molecule has 3 aliphatic rings. The summed E-state index contributed by atoms with van der Waals surface area (Å²) in [5.74, 6) is 0.338. The second-order valence-corrected chi connectivity index (χ2v) is 9.52. The van der Waals surface area contributed by atoms with E-state index in [9.17, 15) is 9.59 Å². The molecule has 2 aliphatic carbocycles. The Morgan fingerprint density at radius 3 is 2.55 bits per heavy atom. The maximum Gasteiger partial charge on any atom is 0.270 e. The second kappa shape index (κ2) is 8.26. The van der Waals surface area contributed by atoms with Crippen LogP contribution < -0.4 is 15.8 Å². The van der Waals surface area contributed by atoms with Crippen molar-refractivity contribution in [3.8, 4) is 0 Å². The first-order valence-electron chi connectivity index (χ1n) is 11.9. The monoisotopic (exact) mass is 444 g/mol. The summed E-state index contributed by atoms with van der Waals surface area (Å²) in [7, 11) is 0. The fourth-order valence-corrected chi connectivity index (χ4v) is 4.54. The van der Waals surface area contributed by atoms with Gasteiger partial charge in [-0.15, -0.1) is 0 Å². The Labute approximate surface area is 192 Å². The minimum absolute atomic E-state index is 0.0298. The molecule has 3 fully saturated rings. The lowest BCUT2D eigenvalue weighted by Crippen LogP contribution is -2.46. The number of nitrogens with zero attached hydrogens (tertiary/aromatic N) is 4. The number of amides is 1. The summed E-state index contributed by atoms with van der Waals surface area (Å²) in [5, 5.41) is 2.98. The van der Waals surface area contributed by atoms with Crippen molar-refractivity contribution in [2.45, 2.75) is 44.2 Å². The molecule has 8 heteroatoms. The van der Waals surface area contributed by atoms with Crippen LogP contribution in [-0.4, -0.2) is 58.0 Å². The zero-order chi connectivity index (χ0) is 22.4. The number of H-pyrrole nitrogens is 1. The van der Waals surface area contributed by atoms with Crippen LogP contribution in [0.25, 0.3) is 11.0 Å². The van der Waals surface area contributed by atoms with Crippen molar-refractivity contribution in [1.29, 1.82) is 0 Å². The number of carbonyl (C=O) groups is 1. The molecule has 3 aromatic heterocycles. The number of aromatic nitrogens is 3. The summed E-state index contributed by atoms with van der Waals surface area (Å²) in [6.07, 6.45) is 8.09. The summed E-state index contributed by atoms with van der Waals surface area (Å²) < 4.78 is 0. The highest BCUT2D eigenvalue weighted by Crippen LogP contribution is 2.38. The van der Waals surface area contributed by atoms with Crippen molar-refractivity contribution >= 4 is 22.6 Å². The second-order valence-electron chi connectivity index (χ2n) is 9.52. The zero-order valence-electron chi connectivity index (χ0n) is 18.6. The highest BCUT2D eigenvalue weighted by Gasteiger charge is 2.27. The highest BCUT2D eigenvalue weighted by molar-refractivity contribution is 5.92. The molecule has 170 valence electrons. The predicted molar refractivity (Wildman–Crippen MR) is 127 cm³/mol. The van der Waals surface area contributed by atoms with Gasteiger partial charge >= 0.3 is 0 Å². The van der Waals surface area contributed by atoms with Gasteiger partial charge in [-0.1, -0.05) is 0 Å². The normalized spacial score (nSPS) is 19.1. The lowest BCUT2D eigenvalue weighted by molar-refractivity contribution is 0.0946. The topological polar surface area (TPSA) is 94.2 Å². The highest BCUT2D eigenvalue weighted by atomic mass is 16.2. The van der Waals surface area contributed by atoms with Crippen molar-refractivity contribution in [3.63, 3.8) is 0 Å². The third kappa shape index (κ3) is 4.48. The van der Waals surface area contributed by atoms with Crippen LogP contribution in [0, 0.1) is 0 Å². The van der Waals surface area contributed by atoms with E-state index in [0.717, 1.165) is 86.3 Å². The van der Waals surface area contributed by atoms with Crippen LogP contribution in [0.4, 0.5) is 5.69 Å². The molecule has 1 saturated heterocycles. The van der Waals surface area contributed by atoms with Gasteiger partial charge in [0.05, 0.1) is 22.9 Å². The van der Waals surface area contributed by atoms with Gasteiger partial charge in [-0.05, 0) is 61.4 Å². The SMILES string of the molecule is O=C(NC1CC1)c1ccc(N2CCN(Cc3cnc4cc(C5CC5)c(=O)[nH]c4c3)CC2)cn1. The first-order valence-corrected chi connectivity index (χ1v) is 11.9. The van der Waals surface area contributed by atoms with Gasteiger partial charge in [-0.25, -0.2) is 4.98 Å². The maximum atomic E-state index is 12.4. The molecule has 0 bridgehead atoms. The number of nitrogens with one attached hydrogen (secondary N) is 2. The number of hydrogen-bond donors (Lipinski definition) is 2. The van der Waals surface area contributed by atoms with Crippen molar-refractivity contribution in [3.05, 3.63) is 63.8 Å². The summed E-state index contributed by atoms with van der Waals surface area (Å²) in [4.78, 5) is 41.2. The van der Waals surface area contributed by atoms with Gasteiger partial charge in [-0.3, -0.25) is 19.5 Å². The zero-order valence-corrected chi connectivity index (χ0v) is 18.6. The molecule has 0 aromatic carbocycles. The molecular formula is C25H28N6O2. The van der Waals surface area contributed by atoms with Gasteiger partial charge in [-0.2, -0.15) is 0 Å². The number of piperazine rings is 1. The lowest BCUT2D eigenvalue weighted by atomic mass is 10.1. The van der Waals surface area contributed by atoms with Crippen LogP contribution in [0.5, 0.6) is 0 Å². The quantitative estimate of drug-likeness (QED) is 0.606. The van der Waals surface area contributed by atoms with Gasteiger partial charge in [0, 0.05) is 50.5 Å². The fraction of sp³-hybridized carbons (Fsp3) is 0.440. The molecule has 0 atom stereocenters. The van der Waals surface area contributed by atoms with E-state index in [2.05, 4.69) is 36.1 Å². The van der Waals surface area contributed by atoms with E-state index >= 15 is 0 Å². The number of carbonyl (C=O) groups excluding carboxylic acids is 1. The van der Waals surface area contributed by atoms with E-state index in [1.165, 1.54) is 0 Å². The van der Waals surface area contributed by atoms with Crippen molar-refractivity contribution in [1.82, 2.24) is 25.2 Å². The van der Waals surface area contributed by atoms with Crippen LogP contribution >= 0.6 is 0 Å². The van der Waals surface area contributed by atoms with E-state index in [0.29, 0.717) is 17.7 Å². The number of pyridine rings is 3. The summed E-state index contributed by atoms with van der Waals surface area (Å²) in [6, 6.07) is 8.16. The molecule has 8 nitrogen and oxygen atoms in total. The van der Waals surface area contributed by atoms with Crippen LogP contribution in [0.1, 0.15) is 53.2 Å². The Bertz CT molecular complexity index is 1240. The van der Waals surface area contributed by atoms with E-state index in [1.807, 2.05) is 24.4 Å². The van der Waals surface area contributed by atoms with Crippen LogP contribution in [0.2, 0.25) is 0 Å². The third-order valence-electron chi connectivity index (χ3n) is 6.83. The average molecular weight is 445 g/mol. The molecule has 0 radical (unpaired) electrons. The van der Waals surface area contributed by atoms with E-state index < -0.39 is 0 Å². The third-order valence-corrected chi connectivity index (χ3v) is 6.83. The predicted octanol–water partition coefficient (Wildman–Crippen LogP) is 2.41. The van der Waals surface area contributed by atoms with Crippen molar-refractivity contribution in [2.75, 3.05) is 31.1 Å². The molecule has 6 rings (SSSR count). The summed E-state index contributed by atoms with van der Waals surface area (Å²) >= 11 is 0. The van der Waals surface area contributed by atoms with E-state index in [1.54, 1.807) is 6.20 Å². The van der Waals surface area contributed by atoms with Gasteiger partial charge in [0.1, 0.15) is 5.69 Å². The Morgan fingerprint density at radius 2 is 1.85 bits per heavy atom. The number of anilines is 1. The molecule has 4 heterocycles. The molecular weight excluding hydrogens is 416 g/mol. The number of aromatic amines is 1. The summed E-state index contributed by atoms with van der Waals surface area (Å²) in [6.45, 7) is 4.47. The van der Waals surface area contributed by atoms with Crippen LogP contribution in [-0.2, 0) is 6.54 Å². The Balaban J connectivity index is 1.06. The Kier molecular flexibility index (Phi) is 5.10. The number of fused-ring (bicyclic) bond motifs is 1. The largest absolute Gasteiger partial charge is 0.368 e. The standard InChI is InChI=1S/C25H28N6O2/c32-24-20(17-1-2-17)12-22-23(29-24)11-16(13-26-22)15-30-7-9-31(10-8-30)19-5-6-21(27-14-19)25(33)28-18-3-4-18/h5-6,11-14,17-18H,1-4,7-10,15H2,(H,28,33)(H,29,32). The smallest absolute Gasteiger partial charge is 0.270 e. The molecule has 1 aliphatic heterocycles. The van der Waals surface area contributed by atoms with Crippen LogP contribution in [0.3, 0.4) is 0 Å². The minimum atomic E-state index is -0.0806. The molecule has 3 aromatic rings. The van der Waals surface area contributed by atoms with Gasteiger partial charge in [0.2, 0.25) is 0 Å². The maximum absolute atomic E-state index is 12.4. The molecule has 2 saturated carbocycles. The van der Waals surface area contributed by atoms with E-state index in [4.69, 9.17) is 0 Å². The Hall–Kier alpha value is -3.26. The van der Waals surface area contributed by atoms with Crippen LogP contribution in [0.15, 0.2) is 41.5 Å². The van der Waals surface area contributed by atoms with E-state index in [-0.39, 0.29) is 11.5 Å². The van der Waals surface area contributed by atoms with Gasteiger partial charge in [0.25, 0.3) is 11.5 Å². The molecule has 1 amide bonds. The van der Waals surface area contributed by atoms with Crippen molar-refractivity contribution < 1.29 is 4.79 Å². The molecule has 2 N–H and O–H groups in total. The Morgan fingerprint density at radius 1 is 1.03 bits per heavy atom. The van der Waals surface area contributed by atoms with Gasteiger partial charge in [0.15, 0.2) is 0 Å². The van der Waals surface area contributed by atoms with Gasteiger partial charge < -0.3 is 15.2 Å². The molecule has 0 unspecified atom stereocenters. The number of rotatable bonds is 6. The first-order chi connectivity index (χ1) is 16.1. The lowest BCUT2D eigenvalue weighted by Gasteiger charge is -2.36. The molecule has 0 spiro atoms. The summed E-state index contributed by atoms with van der Waals surface area (Å²) in [5.41, 5.74) is 5.24. The average Bonchev–Trinajstić information content (AvgIpc) is 3.75. The van der Waals surface area contributed by atoms with Crippen molar-refractivity contribution in [2.24, 2.45) is 0 Å².